The number of carbonyl (C=O) groups excluding carboxylic acids is 1. The molecule has 4 heteroatoms. The minimum atomic E-state index is 0.0768. The lowest BCUT2D eigenvalue weighted by molar-refractivity contribution is 0.101. The molecule has 1 aliphatic rings. The average Bonchev–Trinajstić information content (AvgIpc) is 2.46. The first-order chi connectivity index (χ1) is 9.63. The molecular formula is C16H14BrNO2. The summed E-state index contributed by atoms with van der Waals surface area (Å²) in [5, 5.41) is 0. The zero-order valence-electron chi connectivity index (χ0n) is 11.1. The number of ether oxygens (including phenoxy) is 1. The van der Waals surface area contributed by atoms with Crippen LogP contribution in [-0.4, -0.2) is 12.5 Å². The fraction of sp³-hybridized carbons (Fsp3) is 0.188. The van der Waals surface area contributed by atoms with Gasteiger partial charge in [0, 0.05) is 27.8 Å². The molecule has 0 saturated carbocycles. The molecule has 3 nitrogen and oxygen atoms in total. The van der Waals surface area contributed by atoms with E-state index in [1.807, 2.05) is 36.4 Å². The Bertz CT molecular complexity index is 669. The van der Waals surface area contributed by atoms with E-state index in [4.69, 9.17) is 4.74 Å². The Morgan fingerprint density at radius 1 is 1.25 bits per heavy atom. The molecular weight excluding hydrogens is 318 g/mol. The molecule has 0 aromatic heterocycles. The Balaban J connectivity index is 1.90. The van der Waals surface area contributed by atoms with Crippen LogP contribution in [0.2, 0.25) is 0 Å². The number of hydrogen-bond acceptors (Lipinski definition) is 3. The van der Waals surface area contributed by atoms with Crippen molar-refractivity contribution in [2.45, 2.75) is 13.5 Å². The van der Waals surface area contributed by atoms with Crippen LogP contribution in [0, 0.1) is 0 Å². The van der Waals surface area contributed by atoms with Gasteiger partial charge in [-0.15, -0.1) is 0 Å². The van der Waals surface area contributed by atoms with Crippen LogP contribution in [-0.2, 0) is 6.54 Å². The third-order valence-electron chi connectivity index (χ3n) is 3.38. The summed E-state index contributed by atoms with van der Waals surface area (Å²) in [5.74, 6) is 1.00. The summed E-state index contributed by atoms with van der Waals surface area (Å²) in [6, 6.07) is 13.7. The number of nitrogens with zero attached hydrogens (tertiary/aromatic N) is 1. The van der Waals surface area contributed by atoms with E-state index in [0.29, 0.717) is 6.73 Å². The van der Waals surface area contributed by atoms with Crippen LogP contribution in [0.15, 0.2) is 46.9 Å². The molecule has 0 fully saturated rings. The molecule has 0 aliphatic carbocycles. The van der Waals surface area contributed by atoms with E-state index in [1.54, 1.807) is 6.92 Å². The van der Waals surface area contributed by atoms with Crippen molar-refractivity contribution in [3.8, 4) is 5.75 Å². The molecule has 0 spiro atoms. The molecule has 1 heterocycles. The lowest BCUT2D eigenvalue weighted by Crippen LogP contribution is -2.31. The van der Waals surface area contributed by atoms with Crippen LogP contribution in [0.4, 0.5) is 5.69 Å². The number of halogens is 1. The second-order valence-electron chi connectivity index (χ2n) is 4.83. The van der Waals surface area contributed by atoms with Crippen LogP contribution in [0.25, 0.3) is 0 Å². The Kier molecular flexibility index (Phi) is 3.49. The van der Waals surface area contributed by atoms with E-state index in [-0.39, 0.29) is 5.78 Å². The van der Waals surface area contributed by atoms with Crippen molar-refractivity contribution in [1.82, 2.24) is 0 Å². The van der Waals surface area contributed by atoms with E-state index in [2.05, 4.69) is 26.9 Å². The predicted octanol–water partition coefficient (Wildman–Crippen LogP) is 4.01. The van der Waals surface area contributed by atoms with Crippen LogP contribution in [0.1, 0.15) is 22.8 Å². The quantitative estimate of drug-likeness (QED) is 0.779. The molecule has 0 atom stereocenters. The molecule has 0 N–H and O–H groups in total. The highest BCUT2D eigenvalue weighted by Crippen LogP contribution is 2.30. The van der Waals surface area contributed by atoms with Crippen LogP contribution < -0.4 is 9.64 Å². The molecule has 0 bridgehead atoms. The lowest BCUT2D eigenvalue weighted by atomic mass is 10.1. The van der Waals surface area contributed by atoms with Gasteiger partial charge in [0.05, 0.1) is 0 Å². The van der Waals surface area contributed by atoms with Gasteiger partial charge in [0.25, 0.3) is 0 Å². The van der Waals surface area contributed by atoms with Crippen molar-refractivity contribution < 1.29 is 9.53 Å². The predicted molar refractivity (Wildman–Crippen MR) is 82.3 cm³/mol. The number of fused-ring (bicyclic) bond motifs is 1. The van der Waals surface area contributed by atoms with Crippen molar-refractivity contribution in [2.24, 2.45) is 0 Å². The summed E-state index contributed by atoms with van der Waals surface area (Å²) in [6.07, 6.45) is 0. The van der Waals surface area contributed by atoms with E-state index in [1.165, 1.54) is 0 Å². The van der Waals surface area contributed by atoms with Gasteiger partial charge < -0.3 is 9.64 Å². The second-order valence-corrected chi connectivity index (χ2v) is 5.75. The number of hydrogen-bond donors (Lipinski definition) is 0. The monoisotopic (exact) mass is 331 g/mol. The van der Waals surface area contributed by atoms with E-state index >= 15 is 0 Å². The lowest BCUT2D eigenvalue weighted by Gasteiger charge is -2.31. The highest BCUT2D eigenvalue weighted by molar-refractivity contribution is 9.10. The van der Waals surface area contributed by atoms with E-state index < -0.39 is 0 Å². The Morgan fingerprint density at radius 2 is 2.10 bits per heavy atom. The third kappa shape index (κ3) is 2.56. The fourth-order valence-electron chi connectivity index (χ4n) is 2.30. The maximum atomic E-state index is 11.5. The van der Waals surface area contributed by atoms with Crippen LogP contribution in [0.3, 0.4) is 0 Å². The van der Waals surface area contributed by atoms with Crippen molar-refractivity contribution in [3.05, 3.63) is 58.1 Å². The van der Waals surface area contributed by atoms with Crippen LogP contribution >= 0.6 is 15.9 Å². The number of benzene rings is 2. The van der Waals surface area contributed by atoms with Crippen molar-refractivity contribution in [2.75, 3.05) is 11.6 Å². The van der Waals surface area contributed by atoms with Crippen molar-refractivity contribution in [1.29, 1.82) is 0 Å². The van der Waals surface area contributed by atoms with Gasteiger partial charge in [0.1, 0.15) is 5.75 Å². The number of Topliss-reactive ketones (excluding diaryl/α,β-unsaturated/α-hetero) is 1. The SMILES string of the molecule is CC(=O)c1cccc(N2COc3ccc(Br)cc3C2)c1. The summed E-state index contributed by atoms with van der Waals surface area (Å²) in [7, 11) is 0. The summed E-state index contributed by atoms with van der Waals surface area (Å²) in [6.45, 7) is 2.85. The molecule has 102 valence electrons. The normalized spacial score (nSPS) is 13.6. The second kappa shape index (κ2) is 5.29. The molecule has 3 rings (SSSR count). The van der Waals surface area contributed by atoms with Gasteiger partial charge in [0.15, 0.2) is 12.5 Å². The zero-order chi connectivity index (χ0) is 14.1. The van der Waals surface area contributed by atoms with Gasteiger partial charge in [-0.1, -0.05) is 28.1 Å². The van der Waals surface area contributed by atoms with Gasteiger partial charge >= 0.3 is 0 Å². The van der Waals surface area contributed by atoms with Gasteiger partial charge in [-0.25, -0.2) is 0 Å². The smallest absolute Gasteiger partial charge is 0.161 e. The Hall–Kier alpha value is -1.81. The fourth-order valence-corrected chi connectivity index (χ4v) is 2.71. The van der Waals surface area contributed by atoms with Gasteiger partial charge in [0.2, 0.25) is 0 Å². The van der Waals surface area contributed by atoms with Crippen molar-refractivity contribution in [3.63, 3.8) is 0 Å². The highest BCUT2D eigenvalue weighted by atomic mass is 79.9. The maximum Gasteiger partial charge on any atom is 0.161 e. The molecule has 0 amide bonds. The molecule has 0 radical (unpaired) electrons. The Labute approximate surface area is 126 Å². The number of anilines is 1. The first-order valence-electron chi connectivity index (χ1n) is 6.40. The molecule has 1 aliphatic heterocycles. The van der Waals surface area contributed by atoms with E-state index in [9.17, 15) is 4.79 Å². The van der Waals surface area contributed by atoms with Crippen LogP contribution in [0.5, 0.6) is 5.75 Å². The highest BCUT2D eigenvalue weighted by Gasteiger charge is 2.18. The summed E-state index contributed by atoms with van der Waals surface area (Å²) in [5.41, 5.74) is 2.87. The molecule has 0 saturated heterocycles. The number of carbonyl (C=O) groups is 1. The first-order valence-corrected chi connectivity index (χ1v) is 7.20. The topological polar surface area (TPSA) is 29.5 Å². The average molecular weight is 332 g/mol. The molecule has 2 aromatic carbocycles. The third-order valence-corrected chi connectivity index (χ3v) is 3.87. The summed E-state index contributed by atoms with van der Waals surface area (Å²) >= 11 is 3.48. The minimum absolute atomic E-state index is 0.0768. The van der Waals surface area contributed by atoms with E-state index in [0.717, 1.165) is 33.6 Å². The van der Waals surface area contributed by atoms with Gasteiger partial charge in [-0.2, -0.15) is 0 Å². The number of rotatable bonds is 2. The van der Waals surface area contributed by atoms with Crippen molar-refractivity contribution >= 4 is 27.4 Å². The van der Waals surface area contributed by atoms with Gasteiger partial charge in [-0.05, 0) is 37.3 Å². The number of ketones is 1. The minimum Gasteiger partial charge on any atom is -0.473 e. The largest absolute Gasteiger partial charge is 0.473 e. The summed E-state index contributed by atoms with van der Waals surface area (Å²) < 4.78 is 6.81. The first kappa shape index (κ1) is 13.2. The standard InChI is InChI=1S/C16H14BrNO2/c1-11(19)12-3-2-4-15(8-12)18-9-13-7-14(17)5-6-16(13)20-10-18/h2-8H,9-10H2,1H3. The zero-order valence-corrected chi connectivity index (χ0v) is 12.7. The molecule has 20 heavy (non-hydrogen) atoms. The summed E-state index contributed by atoms with van der Waals surface area (Å²) in [4.78, 5) is 13.6. The Morgan fingerprint density at radius 3 is 2.90 bits per heavy atom. The molecule has 2 aromatic rings. The molecule has 0 unspecified atom stereocenters. The van der Waals surface area contributed by atoms with Gasteiger partial charge in [-0.3, -0.25) is 4.79 Å². The maximum absolute atomic E-state index is 11.5.